The Morgan fingerprint density at radius 2 is 2.00 bits per heavy atom. The lowest BCUT2D eigenvalue weighted by molar-refractivity contribution is 0.0607. The van der Waals surface area contributed by atoms with Crippen molar-refractivity contribution in [2.45, 2.75) is 13.3 Å². The molecule has 0 saturated carbocycles. The van der Waals surface area contributed by atoms with E-state index in [-0.39, 0.29) is 0 Å². The normalized spacial score (nSPS) is 15.8. The van der Waals surface area contributed by atoms with E-state index in [0.717, 1.165) is 6.92 Å². The van der Waals surface area contributed by atoms with Crippen LogP contribution in [0.3, 0.4) is 0 Å². The van der Waals surface area contributed by atoms with Crippen LogP contribution in [0.15, 0.2) is 0 Å². The molecule has 26 valence electrons. The van der Waals surface area contributed by atoms with Crippen LogP contribution >= 0.6 is 0 Å². The van der Waals surface area contributed by atoms with E-state index in [9.17, 15) is 4.39 Å². The summed E-state index contributed by atoms with van der Waals surface area (Å²) in [5, 5.41) is 7.39. The maximum absolute atomic E-state index is 10.6. The molecule has 0 fully saturated rings. The van der Waals surface area contributed by atoms with Gasteiger partial charge < -0.3 is 5.11 Å². The molecule has 0 aliphatic rings. The number of aliphatic hydroxyl groups excluding tert-OH is 1. The predicted octanol–water partition coefficient (Wildman–Crippen LogP) is 0.294. The van der Waals surface area contributed by atoms with Crippen molar-refractivity contribution in [2.75, 3.05) is 0 Å². The van der Waals surface area contributed by atoms with Crippen LogP contribution in [0.1, 0.15) is 6.92 Å². The lowest BCUT2D eigenvalue weighted by atomic mass is 10.8. The van der Waals surface area contributed by atoms with Crippen molar-refractivity contribution in [1.29, 1.82) is 0 Å². The Hall–Kier alpha value is -0.110. The van der Waals surface area contributed by atoms with E-state index in [1.165, 1.54) is 0 Å². The third-order valence-corrected chi connectivity index (χ3v) is 0. The predicted molar refractivity (Wildman–Crippen MR) is 12.8 cm³/mol. The first-order valence-corrected chi connectivity index (χ1v) is 1.05. The number of hydrogen-bond donors (Lipinski definition) is 1. The Kier molecular flexibility index (Phi) is 1.20. The molecule has 0 aromatic carbocycles. The van der Waals surface area contributed by atoms with Gasteiger partial charge in [0.15, 0.2) is 6.36 Å². The lowest BCUT2D eigenvalue weighted by Crippen LogP contribution is -1.82. The molecule has 1 N–H and O–H groups in total. The van der Waals surface area contributed by atoms with Gasteiger partial charge in [-0.2, -0.15) is 0 Å². The van der Waals surface area contributed by atoms with Crippen LogP contribution in [-0.2, 0) is 0 Å². The van der Waals surface area contributed by atoms with Crippen LogP contribution < -0.4 is 0 Å². The van der Waals surface area contributed by atoms with Gasteiger partial charge in [-0.3, -0.25) is 0 Å². The SMILES string of the molecule is CC(O)[18F]. The molecule has 1 unspecified atom stereocenters. The first-order valence-electron chi connectivity index (χ1n) is 1.05. The van der Waals surface area contributed by atoms with Crippen LogP contribution in [-0.4, -0.2) is 11.5 Å². The molecule has 0 aliphatic heterocycles. The van der Waals surface area contributed by atoms with Crippen LogP contribution in [0.2, 0.25) is 0 Å². The monoisotopic (exact) mass is 63.0 g/mol. The average Bonchev–Trinajstić information content (AvgIpc) is 0.811. The Morgan fingerprint density at radius 1 is 2.00 bits per heavy atom. The highest BCUT2D eigenvalue weighted by molar-refractivity contribution is 4.04. The highest BCUT2D eigenvalue weighted by atomic mass is 18.2. The van der Waals surface area contributed by atoms with Gasteiger partial charge >= 0.3 is 0 Å². The van der Waals surface area contributed by atoms with Gasteiger partial charge in [-0.05, 0) is 6.92 Å². The van der Waals surface area contributed by atoms with E-state index in [1.54, 1.807) is 0 Å². The van der Waals surface area contributed by atoms with Crippen molar-refractivity contribution in [1.82, 2.24) is 0 Å². The summed E-state index contributed by atoms with van der Waals surface area (Å²) in [5.74, 6) is 0. The van der Waals surface area contributed by atoms with E-state index < -0.39 is 6.36 Å². The van der Waals surface area contributed by atoms with Crippen LogP contribution in [0.5, 0.6) is 0 Å². The first kappa shape index (κ1) is 3.89. The molecule has 0 rings (SSSR count). The smallest absolute Gasteiger partial charge is 0.193 e. The summed E-state index contributed by atoms with van der Waals surface area (Å²) in [7, 11) is 0. The Bertz CT molecular complexity index is 10.8. The molecule has 0 radical (unpaired) electrons. The van der Waals surface area contributed by atoms with E-state index in [0.29, 0.717) is 0 Å². The second-order valence-electron chi connectivity index (χ2n) is 0.574. The molecule has 0 bridgehead atoms. The van der Waals surface area contributed by atoms with Gasteiger partial charge in [-0.15, -0.1) is 0 Å². The fourth-order valence-corrected chi connectivity index (χ4v) is 0. The van der Waals surface area contributed by atoms with E-state index in [4.69, 9.17) is 5.11 Å². The number of alkyl halides is 1. The van der Waals surface area contributed by atoms with Gasteiger partial charge in [0.05, 0.1) is 0 Å². The molecule has 1 nitrogen and oxygen atoms in total. The van der Waals surface area contributed by atoms with Crippen LogP contribution in [0.25, 0.3) is 0 Å². The molecule has 0 aromatic rings. The zero-order chi connectivity index (χ0) is 3.58. The molecule has 0 spiro atoms. The van der Waals surface area contributed by atoms with Crippen LogP contribution in [0, 0.1) is 0 Å². The molecule has 0 saturated heterocycles. The summed E-state index contributed by atoms with van der Waals surface area (Å²) < 4.78 is 10.6. The van der Waals surface area contributed by atoms with Crippen molar-refractivity contribution in [2.24, 2.45) is 0 Å². The summed E-state index contributed by atoms with van der Waals surface area (Å²) in [6.45, 7) is 1.06. The van der Waals surface area contributed by atoms with Crippen LogP contribution in [0.4, 0.5) is 4.39 Å². The third-order valence-electron chi connectivity index (χ3n) is 0. The highest BCUT2D eigenvalue weighted by Gasteiger charge is 1.75. The topological polar surface area (TPSA) is 20.2 Å². The van der Waals surface area contributed by atoms with Crippen molar-refractivity contribution >= 4 is 0 Å². The fraction of sp³-hybridized carbons (Fsp3) is 1.00. The molecule has 1 atom stereocenters. The minimum atomic E-state index is -1.67. The Balaban J connectivity index is 2.32. The summed E-state index contributed by atoms with van der Waals surface area (Å²) in [6, 6.07) is 0. The second-order valence-corrected chi connectivity index (χ2v) is 0.574. The van der Waals surface area contributed by atoms with Gasteiger partial charge in [0, 0.05) is 0 Å². The van der Waals surface area contributed by atoms with Gasteiger partial charge in [-0.1, -0.05) is 0 Å². The number of hydrogen-bond acceptors (Lipinski definition) is 1. The number of halogens is 1. The molecule has 0 aliphatic carbocycles. The molecule has 2 heteroatoms. The van der Waals surface area contributed by atoms with Gasteiger partial charge in [0.2, 0.25) is 0 Å². The maximum atomic E-state index is 10.6. The van der Waals surface area contributed by atoms with Crippen molar-refractivity contribution in [3.63, 3.8) is 0 Å². The summed E-state index contributed by atoms with van der Waals surface area (Å²) >= 11 is 0. The molecule has 0 heterocycles. The number of aliphatic hydroxyl groups is 1. The maximum Gasteiger partial charge on any atom is 0.193 e. The lowest BCUT2D eigenvalue weighted by Gasteiger charge is -1.75. The largest absolute Gasteiger partial charge is 0.364 e. The van der Waals surface area contributed by atoms with E-state index >= 15 is 0 Å². The van der Waals surface area contributed by atoms with E-state index in [1.807, 2.05) is 0 Å². The summed E-state index contributed by atoms with van der Waals surface area (Å²) in [6.07, 6.45) is -1.67. The Morgan fingerprint density at radius 3 is 2.00 bits per heavy atom. The third kappa shape index (κ3) is 124. The summed E-state index contributed by atoms with van der Waals surface area (Å²) in [4.78, 5) is 0. The second kappa shape index (κ2) is 1.24. The van der Waals surface area contributed by atoms with Crippen molar-refractivity contribution in [3.05, 3.63) is 0 Å². The zero-order valence-corrected chi connectivity index (χ0v) is 2.40. The molecule has 0 amide bonds. The molecular weight excluding hydrogens is 58.0 g/mol. The molecule has 4 heavy (non-hydrogen) atoms. The fourth-order valence-electron chi connectivity index (χ4n) is 0. The van der Waals surface area contributed by atoms with Gasteiger partial charge in [0.25, 0.3) is 0 Å². The summed E-state index contributed by atoms with van der Waals surface area (Å²) in [5.41, 5.74) is 0. The van der Waals surface area contributed by atoms with Crippen molar-refractivity contribution < 1.29 is 9.50 Å². The van der Waals surface area contributed by atoms with Crippen molar-refractivity contribution in [3.8, 4) is 0 Å². The van der Waals surface area contributed by atoms with Gasteiger partial charge in [0.1, 0.15) is 0 Å². The first-order chi connectivity index (χ1) is 1.73. The Labute approximate surface area is 24.1 Å². The molecular formula is C2H5FO. The minimum absolute atomic E-state index is 1.06. The minimum Gasteiger partial charge on any atom is -0.364 e. The quantitative estimate of drug-likeness (QED) is 0.428. The highest BCUT2D eigenvalue weighted by Crippen LogP contribution is 1.71. The van der Waals surface area contributed by atoms with E-state index in [2.05, 4.69) is 0 Å². The average molecular weight is 63.1 g/mol. The standard InChI is InChI=1S/C2H5FO/c1-2(3)4/h2,4H,1H3/i3-1. The molecule has 0 aromatic heterocycles. The van der Waals surface area contributed by atoms with Gasteiger partial charge in [-0.25, -0.2) is 4.39 Å². The zero-order valence-electron chi connectivity index (χ0n) is 2.40. The number of rotatable bonds is 0.